The molecule has 24 heavy (non-hydrogen) atoms. The molecule has 0 radical (unpaired) electrons. The Labute approximate surface area is 165 Å². The number of carboxylic acids is 1. The van der Waals surface area contributed by atoms with Crippen molar-refractivity contribution in [2.24, 2.45) is 17.8 Å². The van der Waals surface area contributed by atoms with Crippen molar-refractivity contribution in [2.45, 2.75) is 38.5 Å². The number of carboxylic acid groups (broad SMARTS) is 1. The Morgan fingerprint density at radius 3 is 2.21 bits per heavy atom. The molecule has 0 aromatic heterocycles. The van der Waals surface area contributed by atoms with Gasteiger partial charge in [-0.2, -0.15) is 0 Å². The summed E-state index contributed by atoms with van der Waals surface area (Å²) in [6.45, 7) is 1.63. The van der Waals surface area contributed by atoms with Crippen molar-refractivity contribution >= 4 is 11.9 Å². The van der Waals surface area contributed by atoms with Crippen LogP contribution in [0.25, 0.3) is 0 Å². The number of rotatable bonds is 5. The fourth-order valence-electron chi connectivity index (χ4n) is 4.09. The number of nitrogens with zero attached hydrogens (tertiary/aromatic N) is 1. The van der Waals surface area contributed by atoms with E-state index in [0.29, 0.717) is 18.3 Å². The number of carbonyl (C=O) groups excluding carboxylic acids is 2. The predicted molar refractivity (Wildman–Crippen MR) is 85.3 cm³/mol. The second-order valence-corrected chi connectivity index (χ2v) is 7.01. The van der Waals surface area contributed by atoms with E-state index in [2.05, 4.69) is 0 Å². The molecule has 1 heterocycles. The van der Waals surface area contributed by atoms with Gasteiger partial charge in [-0.3, -0.25) is 4.79 Å². The van der Waals surface area contributed by atoms with E-state index in [1.165, 1.54) is 25.7 Å². The molecule has 4 nitrogen and oxygen atoms in total. The van der Waals surface area contributed by atoms with E-state index in [4.69, 9.17) is 0 Å². The van der Waals surface area contributed by atoms with Crippen LogP contribution in [0.5, 0.6) is 0 Å². The zero-order valence-corrected chi connectivity index (χ0v) is 16.4. The van der Waals surface area contributed by atoms with Gasteiger partial charge in [0.15, 0.2) is 0 Å². The molecule has 1 aliphatic carbocycles. The topological polar surface area (TPSA) is 60.4 Å². The van der Waals surface area contributed by atoms with Crippen molar-refractivity contribution in [1.29, 1.82) is 0 Å². The second-order valence-electron chi connectivity index (χ2n) is 7.01. The summed E-state index contributed by atoms with van der Waals surface area (Å²) < 4.78 is 0. The van der Waals surface area contributed by atoms with E-state index in [-0.39, 0.29) is 41.9 Å². The third-order valence-corrected chi connectivity index (χ3v) is 5.41. The van der Waals surface area contributed by atoms with Crippen LogP contribution >= 0.6 is 0 Å². The molecule has 1 saturated heterocycles. The van der Waals surface area contributed by atoms with Crippen LogP contribution < -0.4 is 34.7 Å². The van der Waals surface area contributed by atoms with Crippen molar-refractivity contribution in [3.05, 3.63) is 35.9 Å². The van der Waals surface area contributed by atoms with Crippen molar-refractivity contribution in [2.75, 3.05) is 13.1 Å². The van der Waals surface area contributed by atoms with Gasteiger partial charge in [0.1, 0.15) is 0 Å². The number of likely N-dealkylation sites (tertiary alicyclic amines) is 1. The number of aliphatic carboxylic acids is 1. The van der Waals surface area contributed by atoms with E-state index in [1.54, 1.807) is 0 Å². The van der Waals surface area contributed by atoms with Crippen LogP contribution in [0.2, 0.25) is 0 Å². The van der Waals surface area contributed by atoms with E-state index < -0.39 is 11.9 Å². The molecule has 0 spiro atoms. The second kappa shape index (κ2) is 9.02. The summed E-state index contributed by atoms with van der Waals surface area (Å²) >= 11 is 0. The van der Waals surface area contributed by atoms with Gasteiger partial charge in [-0.05, 0) is 36.7 Å². The zero-order chi connectivity index (χ0) is 16.2. The minimum Gasteiger partial charge on any atom is -0.550 e. The molecule has 1 amide bonds. The van der Waals surface area contributed by atoms with E-state index in [0.717, 1.165) is 18.7 Å². The Kier molecular flexibility index (Phi) is 7.33. The average Bonchev–Trinajstić information content (AvgIpc) is 2.99. The summed E-state index contributed by atoms with van der Waals surface area (Å²) in [7, 11) is 0. The van der Waals surface area contributed by atoms with Crippen molar-refractivity contribution in [3.8, 4) is 0 Å². The molecule has 124 valence electrons. The monoisotopic (exact) mass is 337 g/mol. The Balaban J connectivity index is 0.00000208. The van der Waals surface area contributed by atoms with Gasteiger partial charge < -0.3 is 14.8 Å². The number of hydrogen-bond acceptors (Lipinski definition) is 3. The first-order valence-corrected chi connectivity index (χ1v) is 8.66. The third kappa shape index (κ3) is 4.84. The SMILES string of the molecule is O=C([O-])[C@H](CC(=O)N1C[C@H]2CCCC[C@H]2C1)Cc1ccccc1.[Na+]. The molecule has 0 N–H and O–H groups in total. The molecule has 3 rings (SSSR count). The molecule has 3 atom stereocenters. The van der Waals surface area contributed by atoms with Gasteiger partial charge in [0.25, 0.3) is 0 Å². The molecule has 0 unspecified atom stereocenters. The van der Waals surface area contributed by atoms with Gasteiger partial charge >= 0.3 is 29.6 Å². The Morgan fingerprint density at radius 2 is 1.67 bits per heavy atom. The minimum atomic E-state index is -1.13. The number of amides is 1. The largest absolute Gasteiger partial charge is 1.00 e. The Bertz CT molecular complexity index is 549. The first-order valence-electron chi connectivity index (χ1n) is 8.66. The molecule has 1 aromatic rings. The van der Waals surface area contributed by atoms with Crippen LogP contribution in [0.4, 0.5) is 0 Å². The van der Waals surface area contributed by atoms with E-state index in [1.807, 2.05) is 35.2 Å². The number of hydrogen-bond donors (Lipinski definition) is 0. The van der Waals surface area contributed by atoms with Gasteiger partial charge in [0.2, 0.25) is 5.91 Å². The Hall–Kier alpha value is -0.840. The molecule has 1 aliphatic heterocycles. The van der Waals surface area contributed by atoms with Gasteiger partial charge in [0, 0.05) is 31.4 Å². The zero-order valence-electron chi connectivity index (χ0n) is 14.4. The van der Waals surface area contributed by atoms with Gasteiger partial charge in [-0.25, -0.2) is 0 Å². The van der Waals surface area contributed by atoms with Gasteiger partial charge in [0.05, 0.1) is 0 Å². The normalized spacial score (nSPS) is 23.9. The van der Waals surface area contributed by atoms with E-state index >= 15 is 0 Å². The smallest absolute Gasteiger partial charge is 0.550 e. The maximum absolute atomic E-state index is 12.5. The van der Waals surface area contributed by atoms with Crippen LogP contribution in [0.15, 0.2) is 30.3 Å². The fourth-order valence-corrected chi connectivity index (χ4v) is 4.09. The predicted octanol–water partition coefficient (Wildman–Crippen LogP) is -1.36. The van der Waals surface area contributed by atoms with Crippen molar-refractivity contribution in [3.63, 3.8) is 0 Å². The first-order chi connectivity index (χ1) is 11.1. The summed E-state index contributed by atoms with van der Waals surface area (Å²) in [4.78, 5) is 25.8. The molecule has 2 fully saturated rings. The first kappa shape index (κ1) is 19.5. The number of carbonyl (C=O) groups is 2. The summed E-state index contributed by atoms with van der Waals surface area (Å²) in [5, 5.41) is 11.4. The number of benzene rings is 1. The van der Waals surface area contributed by atoms with Crippen LogP contribution in [0.1, 0.15) is 37.7 Å². The Morgan fingerprint density at radius 1 is 1.08 bits per heavy atom. The molecule has 2 aliphatic rings. The molecular weight excluding hydrogens is 313 g/mol. The summed E-state index contributed by atoms with van der Waals surface area (Å²) in [6.07, 6.45) is 5.36. The van der Waals surface area contributed by atoms with Crippen LogP contribution in [-0.2, 0) is 16.0 Å². The third-order valence-electron chi connectivity index (χ3n) is 5.41. The minimum absolute atomic E-state index is 0. The van der Waals surface area contributed by atoms with Gasteiger partial charge in [-0.1, -0.05) is 43.2 Å². The van der Waals surface area contributed by atoms with Crippen LogP contribution in [-0.4, -0.2) is 29.9 Å². The summed E-state index contributed by atoms with van der Waals surface area (Å²) in [6, 6.07) is 9.45. The molecule has 5 heteroatoms. The molecule has 1 aromatic carbocycles. The standard InChI is InChI=1S/C19H25NO3.Na/c21-18(20-12-15-8-4-5-9-16(15)13-20)11-17(19(22)23)10-14-6-2-1-3-7-14;/h1-3,6-7,15-17H,4-5,8-13H2,(H,22,23);/q;+1/p-1/t15-,16+,17-;/m0./s1. The molecule has 1 saturated carbocycles. The van der Waals surface area contributed by atoms with E-state index in [9.17, 15) is 14.7 Å². The summed E-state index contributed by atoms with van der Waals surface area (Å²) in [5.74, 6) is -0.637. The maximum atomic E-state index is 12.5. The molecular formula is C19H24NNaO3. The average molecular weight is 337 g/mol. The summed E-state index contributed by atoms with van der Waals surface area (Å²) in [5.41, 5.74) is 0.935. The van der Waals surface area contributed by atoms with Crippen LogP contribution in [0, 0.1) is 17.8 Å². The van der Waals surface area contributed by atoms with Crippen LogP contribution in [0.3, 0.4) is 0 Å². The van der Waals surface area contributed by atoms with Gasteiger partial charge in [-0.15, -0.1) is 0 Å². The maximum Gasteiger partial charge on any atom is 1.00 e. The van der Waals surface area contributed by atoms with Crippen molar-refractivity contribution < 1.29 is 44.3 Å². The quantitative estimate of drug-likeness (QED) is 0.624. The molecule has 0 bridgehead atoms. The fraction of sp³-hybridized carbons (Fsp3) is 0.579. The van der Waals surface area contributed by atoms with Crippen molar-refractivity contribution in [1.82, 2.24) is 4.90 Å². The number of fused-ring (bicyclic) bond motifs is 1.